The van der Waals surface area contributed by atoms with Gasteiger partial charge in [0.2, 0.25) is 12.2 Å². The molecule has 2 saturated carbocycles. The van der Waals surface area contributed by atoms with Crippen LogP contribution in [0.5, 0.6) is 23.0 Å². The molecule has 10 aromatic rings. The first-order valence-electron chi connectivity index (χ1n) is 29.0. The third-order valence-corrected chi connectivity index (χ3v) is 20.1. The molecule has 0 bridgehead atoms. The zero-order valence-electron chi connectivity index (χ0n) is 52.3. The number of hydrogen-bond donors (Lipinski definition) is 7. The van der Waals surface area contributed by atoms with Crippen LogP contribution in [0.15, 0.2) is 115 Å². The number of nitrogens with one attached hydrogen (secondary N) is 5. The number of carboxylic acids is 1. The van der Waals surface area contributed by atoms with Crippen LogP contribution in [0, 0.1) is 11.8 Å². The molecule has 12 rings (SSSR count). The van der Waals surface area contributed by atoms with E-state index < -0.39 is 18.4 Å². The van der Waals surface area contributed by atoms with Crippen LogP contribution in [0.25, 0.3) is 28.6 Å². The second kappa shape index (κ2) is 48.7. The number of benzene rings is 4. The van der Waals surface area contributed by atoms with Crippen molar-refractivity contribution < 1.29 is 79.2 Å². The van der Waals surface area contributed by atoms with Crippen molar-refractivity contribution in [2.24, 2.45) is 11.8 Å². The van der Waals surface area contributed by atoms with E-state index >= 15 is 0 Å². The number of alkyl halides is 3. The average Bonchev–Trinajstić information content (AvgIpc) is 1.67. The van der Waals surface area contributed by atoms with E-state index in [1.165, 1.54) is 69.5 Å². The first kappa shape index (κ1) is 92.7. The van der Waals surface area contributed by atoms with E-state index in [1.807, 2.05) is 66.7 Å². The molecule has 552 valence electrons. The predicted molar refractivity (Wildman–Crippen MR) is 453 cm³/mol. The van der Waals surface area contributed by atoms with Gasteiger partial charge in [-0.3, -0.25) is 28.8 Å². The van der Waals surface area contributed by atoms with Crippen LogP contribution in [0.2, 0.25) is 0 Å². The summed E-state index contributed by atoms with van der Waals surface area (Å²) in [5, 5.41) is 25.4. The first-order valence-corrected chi connectivity index (χ1v) is 52.7. The first-order chi connectivity index (χ1) is 46.7. The van der Waals surface area contributed by atoms with Crippen LogP contribution in [-0.2, 0) is 20.9 Å². The van der Waals surface area contributed by atoms with Gasteiger partial charge in [0.15, 0.2) is 15.4 Å². The molecule has 35 heteroatoms. The number of nitrogens with two attached hydrogens (primary N) is 1. The molecule has 20 nitrogen and oxygen atoms in total. The van der Waals surface area contributed by atoms with Gasteiger partial charge in [0.05, 0.1) is 63.1 Å². The van der Waals surface area contributed by atoms with Crippen molar-refractivity contribution in [1.29, 1.82) is 0 Å². The maximum atomic E-state index is 12.5. The zero-order valence-corrected chi connectivity index (χ0v) is 70.3. The van der Waals surface area contributed by atoms with E-state index in [4.69, 9.17) is 34.6 Å². The third kappa shape index (κ3) is 31.3. The summed E-state index contributed by atoms with van der Waals surface area (Å²) in [6.45, 7) is 0.676. The number of amides is 4. The summed E-state index contributed by atoms with van der Waals surface area (Å²) in [4.78, 5) is 86.1. The number of carbonyl (C=O) groups is 6. The maximum absolute atomic E-state index is 12.5. The van der Waals surface area contributed by atoms with E-state index in [2.05, 4.69) is 116 Å². The quantitative estimate of drug-likeness (QED) is 0.0350. The molecule has 0 unspecified atom stereocenters. The van der Waals surface area contributed by atoms with E-state index in [9.17, 15) is 37.1 Å². The smallest absolute Gasteiger partial charge is 0.446 e. The Bertz CT molecular complexity index is 4020. The third-order valence-electron chi connectivity index (χ3n) is 13.9. The Morgan fingerprint density at radius 1 is 0.535 bits per heavy atom. The number of thiophene rings is 3. The van der Waals surface area contributed by atoms with Crippen molar-refractivity contribution in [1.82, 2.24) is 15.0 Å². The number of nitrogen functional groups attached to an aromatic ring is 1. The number of fused-ring (bicyclic) bond motifs is 3. The molecule has 4 aromatic carbocycles. The van der Waals surface area contributed by atoms with E-state index in [-0.39, 0.29) is 81.7 Å². The molecule has 4 amide bonds. The number of rotatable bonds is 16. The molecule has 0 aliphatic heterocycles. The van der Waals surface area contributed by atoms with Crippen LogP contribution in [0.1, 0.15) is 121 Å². The standard InChI is InChI=1S/C21H19N3O3S2.C20H21N3O3S2.C13H11N3O2S2.C7H12O2.C2HF3O.3CH4.I3.I2.HI/c1-26-15-7-3-13(4-8-15)12-22-21-24-20-18(29-21)11-17(28-20)19(25)23-14-5-9-16(27-2)10-6-14;1-26-14-9-7-13(8-10-14)21-18(25)15-11-16-19(27-15)23-20(28-16)22-17(24)12-5-3-2-4-6-12;1-18-8-4-2-7(3-5-8)15-11(17)9-6-10-12(19-9)16-13(14)20-10;8-7(9)6-4-2-1-3-5-6;3-2(4,5)1-6;;;;1-3-2;1-2;/h3-11H,12H2,1-2H3,(H,22,24)(H,23,25);7-12H,2-6H2,1H3,(H,21,25)(H,22,23,24);2-6H,1H3,(H2,14,16)(H,15,17);6H,1-5H2,(H,8,9);1H;3*1H4;;;1H/q;;;;;;;;-1;;. The number of aliphatic carboxylic acids is 1. The summed E-state index contributed by atoms with van der Waals surface area (Å²) < 4.78 is 54.6. The minimum atomic E-state index is -4.64. The summed E-state index contributed by atoms with van der Waals surface area (Å²) in [5.41, 5.74) is 8.91. The molecule has 0 spiro atoms. The van der Waals surface area contributed by atoms with Gasteiger partial charge < -0.3 is 56.4 Å². The second-order valence-electron chi connectivity index (χ2n) is 20.4. The van der Waals surface area contributed by atoms with Gasteiger partial charge in [-0.2, -0.15) is 13.2 Å². The molecular weight excluding hydrogens is 2110 g/mol. The van der Waals surface area contributed by atoms with Crippen molar-refractivity contribution in [3.63, 3.8) is 0 Å². The number of hydrogen-bond acceptors (Lipinski definition) is 21. The second-order valence-corrected chi connectivity index (χ2v) is 42.9. The Labute approximate surface area is 679 Å². The SMILES string of the molecule is C.C.C.COc1ccc(CNc2nc3sc(C(=O)Nc4ccc(OC)cc4)cc3s2)cc1.COc1ccc(NC(=O)c2cc3sc(N)nc3s2)cc1.COc1ccc(NC(=O)c2cc3sc(NC(=O)C4CCCCC4)nc3s2)cc1.I.II.I[I-]I.O=C(O)C1CCCCC1.O=CC(F)(F)F. The molecule has 0 saturated heterocycles. The van der Waals surface area contributed by atoms with E-state index in [0.717, 1.165) is 125 Å². The van der Waals surface area contributed by atoms with E-state index in [1.54, 1.807) is 88.3 Å². The van der Waals surface area contributed by atoms with Crippen molar-refractivity contribution in [3.05, 3.63) is 135 Å². The average molecular weight is 2180 g/mol. The fourth-order valence-electron chi connectivity index (χ4n) is 9.13. The minimum absolute atomic E-state index is 0. The molecule has 0 radical (unpaired) electrons. The summed E-state index contributed by atoms with van der Waals surface area (Å²) in [6, 6.07) is 35.0. The molecule has 6 aromatic heterocycles. The normalized spacial score (nSPS) is 12.1. The van der Waals surface area contributed by atoms with Gasteiger partial charge >= 0.3 is 62.6 Å². The number of thiazole rings is 3. The van der Waals surface area contributed by atoms with Gasteiger partial charge in [0, 0.05) is 66.8 Å². The van der Waals surface area contributed by atoms with Gasteiger partial charge in [-0.1, -0.05) is 107 Å². The Kier molecular flexibility index (Phi) is 44.7. The van der Waals surface area contributed by atoms with Gasteiger partial charge in [0.25, 0.3) is 17.7 Å². The zero-order chi connectivity index (χ0) is 70.4. The predicted octanol–water partition coefficient (Wildman–Crippen LogP) is 19.0. The Hall–Kier alpha value is -4.36. The fourth-order valence-corrected chi connectivity index (χ4v) is 15.0. The number of halogens is 9. The van der Waals surface area contributed by atoms with E-state index in [0.29, 0.717) is 50.4 Å². The fraction of sp³-hybridized carbons (Fsp3) is 0.318. The summed E-state index contributed by atoms with van der Waals surface area (Å²) >= 11 is 17.9. The van der Waals surface area contributed by atoms with Crippen LogP contribution in [0.4, 0.5) is 45.6 Å². The maximum Gasteiger partial charge on any atom is 0.446 e. The molecule has 6 heterocycles. The number of nitrogens with zero attached hydrogens (tertiary/aromatic N) is 3. The van der Waals surface area contributed by atoms with Gasteiger partial charge in [-0.15, -0.1) is 58.0 Å². The molecule has 2 aliphatic carbocycles. The van der Waals surface area contributed by atoms with Crippen molar-refractivity contribution in [2.45, 2.75) is 99.2 Å². The molecule has 101 heavy (non-hydrogen) atoms. The topological polar surface area (TPSA) is 284 Å². The number of aldehydes is 1. The summed E-state index contributed by atoms with van der Waals surface area (Å²) in [5.74, 6) is 2.15. The number of aromatic nitrogens is 3. The Morgan fingerprint density at radius 2 is 0.851 bits per heavy atom. The van der Waals surface area contributed by atoms with Crippen LogP contribution >= 0.6 is 166 Å². The molecular formula is C66H77F3I6N9O11S6-. The molecule has 8 N–H and O–H groups in total. The number of anilines is 6. The van der Waals surface area contributed by atoms with Crippen LogP contribution in [-0.4, -0.2) is 90.6 Å². The van der Waals surface area contributed by atoms with Gasteiger partial charge in [-0.05, 0) is 134 Å². The summed E-state index contributed by atoms with van der Waals surface area (Å²) in [7, 11) is 6.47. The monoisotopic (exact) mass is 2180 g/mol. The number of carboxylic acid groups (broad SMARTS) is 1. The van der Waals surface area contributed by atoms with Crippen molar-refractivity contribution in [2.75, 3.05) is 60.8 Å². The molecule has 2 fully saturated rings. The van der Waals surface area contributed by atoms with Crippen molar-refractivity contribution in [3.8, 4) is 23.0 Å². The van der Waals surface area contributed by atoms with Crippen LogP contribution in [0.3, 0.4) is 0 Å². The van der Waals surface area contributed by atoms with Crippen molar-refractivity contribution >= 4 is 263 Å². The number of ether oxygens (including phenoxy) is 4. The number of methoxy groups -OCH3 is 4. The molecule has 0 atom stereocenters. The van der Waals surface area contributed by atoms with Gasteiger partial charge in [-0.25, -0.2) is 15.0 Å². The molecule has 2 aliphatic rings. The van der Waals surface area contributed by atoms with Gasteiger partial charge in [0.1, 0.15) is 37.5 Å². The van der Waals surface area contributed by atoms with Crippen LogP contribution < -0.4 is 64.5 Å². The summed E-state index contributed by atoms with van der Waals surface area (Å²) in [6.07, 6.45) is 4.92. The minimum Gasteiger partial charge on any atom is -0.481 e. The number of carbonyl (C=O) groups excluding carboxylic acids is 5. The Balaban J connectivity index is 0.000000449. The largest absolute Gasteiger partial charge is 0.481 e. The Morgan fingerprint density at radius 3 is 1.17 bits per heavy atom.